The van der Waals surface area contributed by atoms with Gasteiger partial charge in [0.15, 0.2) is 5.82 Å². The summed E-state index contributed by atoms with van der Waals surface area (Å²) in [5.41, 5.74) is 0.895. The number of nitrogens with zero attached hydrogens (tertiary/aromatic N) is 5. The summed E-state index contributed by atoms with van der Waals surface area (Å²) in [6.45, 7) is 4.48. The Morgan fingerprint density at radius 2 is 2.12 bits per heavy atom. The number of benzene rings is 1. The van der Waals surface area contributed by atoms with Crippen molar-refractivity contribution in [3.8, 4) is 11.4 Å². The minimum absolute atomic E-state index is 0.345. The number of nitrogens with one attached hydrogen (secondary N) is 1. The van der Waals surface area contributed by atoms with Crippen LogP contribution >= 0.6 is 11.6 Å². The highest BCUT2D eigenvalue weighted by Gasteiger charge is 2.25. The highest BCUT2D eigenvalue weighted by molar-refractivity contribution is 6.30. The number of hydrogen-bond acceptors (Lipinski definition) is 6. The fourth-order valence-corrected chi connectivity index (χ4v) is 3.31. The molecule has 0 aliphatic carbocycles. The van der Waals surface area contributed by atoms with E-state index in [2.05, 4.69) is 30.2 Å². The maximum absolute atomic E-state index is 5.92. The lowest BCUT2D eigenvalue weighted by molar-refractivity contribution is 0.174. The van der Waals surface area contributed by atoms with Crippen LogP contribution in [0.5, 0.6) is 0 Å². The van der Waals surface area contributed by atoms with Crippen molar-refractivity contribution in [2.24, 2.45) is 0 Å². The van der Waals surface area contributed by atoms with Crippen LogP contribution < -0.4 is 0 Å². The first-order chi connectivity index (χ1) is 12.2. The molecular formula is C17H19ClN6O. The molecule has 3 aromatic rings. The Morgan fingerprint density at radius 1 is 1.28 bits per heavy atom. The lowest BCUT2D eigenvalue weighted by Crippen LogP contribution is -2.34. The van der Waals surface area contributed by atoms with Crippen LogP contribution in [0.15, 0.2) is 28.8 Å². The topological polar surface area (TPSA) is 83.7 Å². The summed E-state index contributed by atoms with van der Waals surface area (Å²) < 4.78 is 5.42. The van der Waals surface area contributed by atoms with Crippen LogP contribution in [0, 0.1) is 6.92 Å². The zero-order valence-electron chi connectivity index (χ0n) is 13.9. The quantitative estimate of drug-likeness (QED) is 0.771. The molecule has 0 amide bonds. The minimum Gasteiger partial charge on any atom is -0.338 e. The van der Waals surface area contributed by atoms with Crippen LogP contribution in [0.4, 0.5) is 0 Å². The predicted octanol–water partition coefficient (Wildman–Crippen LogP) is 3.20. The number of piperidine rings is 1. The molecule has 3 heterocycles. The van der Waals surface area contributed by atoms with Crippen LogP contribution in [0.25, 0.3) is 11.4 Å². The number of aromatic nitrogens is 5. The second kappa shape index (κ2) is 6.93. The maximum Gasteiger partial charge on any atom is 0.241 e. The Bertz CT molecular complexity index is 843. The van der Waals surface area contributed by atoms with Crippen LogP contribution in [0.1, 0.15) is 36.3 Å². The summed E-state index contributed by atoms with van der Waals surface area (Å²) in [7, 11) is 0. The van der Waals surface area contributed by atoms with E-state index in [1.807, 2.05) is 31.2 Å². The van der Waals surface area contributed by atoms with Crippen LogP contribution in [-0.2, 0) is 6.54 Å². The fourth-order valence-electron chi connectivity index (χ4n) is 3.18. The van der Waals surface area contributed by atoms with E-state index in [1.54, 1.807) is 0 Å². The van der Waals surface area contributed by atoms with Gasteiger partial charge in [-0.3, -0.25) is 10.00 Å². The van der Waals surface area contributed by atoms with E-state index in [1.165, 1.54) is 0 Å². The van der Waals surface area contributed by atoms with Gasteiger partial charge in [0.1, 0.15) is 5.82 Å². The van der Waals surface area contributed by atoms with E-state index in [9.17, 15) is 0 Å². The Kier molecular flexibility index (Phi) is 4.50. The van der Waals surface area contributed by atoms with Crippen molar-refractivity contribution in [1.82, 2.24) is 30.2 Å². The molecule has 0 spiro atoms. The molecule has 1 fully saturated rings. The third-order valence-corrected chi connectivity index (χ3v) is 4.67. The molecule has 8 heteroatoms. The monoisotopic (exact) mass is 358 g/mol. The van der Waals surface area contributed by atoms with Crippen molar-refractivity contribution in [2.45, 2.75) is 32.2 Å². The van der Waals surface area contributed by atoms with Gasteiger partial charge in [0.25, 0.3) is 0 Å². The molecule has 0 radical (unpaired) electrons. The van der Waals surface area contributed by atoms with Crippen molar-refractivity contribution in [1.29, 1.82) is 0 Å². The molecule has 4 rings (SSSR count). The van der Waals surface area contributed by atoms with Crippen molar-refractivity contribution in [3.63, 3.8) is 0 Å². The van der Waals surface area contributed by atoms with Gasteiger partial charge in [0.05, 0.1) is 6.54 Å². The number of aryl methyl sites for hydroxylation is 1. The average Bonchev–Trinajstić information content (AvgIpc) is 3.25. The average molecular weight is 359 g/mol. The lowest BCUT2D eigenvalue weighted by atomic mass is 9.97. The normalized spacial score (nSPS) is 18.6. The molecular weight excluding hydrogens is 340 g/mol. The van der Waals surface area contributed by atoms with Gasteiger partial charge in [0, 0.05) is 23.0 Å². The zero-order chi connectivity index (χ0) is 17.2. The van der Waals surface area contributed by atoms with E-state index < -0.39 is 0 Å². The summed E-state index contributed by atoms with van der Waals surface area (Å²) in [5, 5.41) is 12.0. The number of halogens is 1. The first-order valence-corrected chi connectivity index (χ1v) is 8.75. The van der Waals surface area contributed by atoms with Crippen LogP contribution in [-0.4, -0.2) is 43.3 Å². The van der Waals surface area contributed by atoms with Gasteiger partial charge in [0.2, 0.25) is 11.7 Å². The third-order valence-electron chi connectivity index (χ3n) is 4.41. The van der Waals surface area contributed by atoms with Crippen LogP contribution in [0.3, 0.4) is 0 Å². The summed E-state index contributed by atoms with van der Waals surface area (Å²) in [4.78, 5) is 11.3. The van der Waals surface area contributed by atoms with E-state index in [-0.39, 0.29) is 0 Å². The molecule has 130 valence electrons. The van der Waals surface area contributed by atoms with E-state index in [0.29, 0.717) is 29.2 Å². The molecule has 1 aromatic carbocycles. The summed E-state index contributed by atoms with van der Waals surface area (Å²) in [6.07, 6.45) is 2.21. The molecule has 1 atom stereocenters. The smallest absolute Gasteiger partial charge is 0.241 e. The van der Waals surface area contributed by atoms with Gasteiger partial charge < -0.3 is 4.52 Å². The molecule has 1 N–H and O–H groups in total. The molecule has 7 nitrogen and oxygen atoms in total. The molecule has 1 aliphatic rings. The number of likely N-dealkylation sites (tertiary alicyclic amines) is 1. The second-order valence-corrected chi connectivity index (χ2v) is 6.81. The van der Waals surface area contributed by atoms with Gasteiger partial charge in [-0.05, 0) is 50.6 Å². The number of rotatable bonds is 4. The van der Waals surface area contributed by atoms with Crippen LogP contribution in [0.2, 0.25) is 5.02 Å². The minimum atomic E-state index is 0.345. The Labute approximate surface area is 150 Å². The first-order valence-electron chi connectivity index (χ1n) is 8.37. The molecule has 1 aliphatic heterocycles. The van der Waals surface area contributed by atoms with Gasteiger partial charge in [-0.15, -0.1) is 0 Å². The van der Waals surface area contributed by atoms with E-state index >= 15 is 0 Å². The zero-order valence-corrected chi connectivity index (χ0v) is 14.7. The molecule has 25 heavy (non-hydrogen) atoms. The van der Waals surface area contributed by atoms with Gasteiger partial charge >= 0.3 is 0 Å². The van der Waals surface area contributed by atoms with Gasteiger partial charge in [-0.2, -0.15) is 10.1 Å². The largest absolute Gasteiger partial charge is 0.338 e. The Balaban J connectivity index is 1.42. The maximum atomic E-state index is 5.92. The predicted molar refractivity (Wildman–Crippen MR) is 93.1 cm³/mol. The number of aromatic amines is 1. The van der Waals surface area contributed by atoms with Crippen molar-refractivity contribution in [3.05, 3.63) is 46.8 Å². The highest BCUT2D eigenvalue weighted by Crippen LogP contribution is 2.26. The molecule has 1 unspecified atom stereocenters. The molecule has 2 aromatic heterocycles. The molecule has 1 saturated heterocycles. The first kappa shape index (κ1) is 16.2. The standard InChI is InChI=1S/C17H19ClN6O/c1-11-19-16(22-21-11)13-3-2-8-24(9-13)10-15-20-17(23-25-15)12-4-6-14(18)7-5-12/h4-7,13H,2-3,8-10H2,1H3,(H,19,21,22). The van der Waals surface area contributed by atoms with Crippen molar-refractivity contribution in [2.75, 3.05) is 13.1 Å². The van der Waals surface area contributed by atoms with Gasteiger partial charge in [-0.1, -0.05) is 16.8 Å². The fraction of sp³-hybridized carbons (Fsp3) is 0.412. The summed E-state index contributed by atoms with van der Waals surface area (Å²) in [5.74, 6) is 3.31. The number of H-pyrrole nitrogens is 1. The Morgan fingerprint density at radius 3 is 2.88 bits per heavy atom. The molecule has 0 saturated carbocycles. The highest BCUT2D eigenvalue weighted by atomic mass is 35.5. The SMILES string of the molecule is Cc1nc(C2CCCN(Cc3nc(-c4ccc(Cl)cc4)no3)C2)n[nH]1. The Hall–Kier alpha value is -2.25. The van der Waals surface area contributed by atoms with Crippen molar-refractivity contribution < 1.29 is 4.52 Å². The molecule has 0 bridgehead atoms. The lowest BCUT2D eigenvalue weighted by Gasteiger charge is -2.30. The summed E-state index contributed by atoms with van der Waals surface area (Å²) in [6, 6.07) is 7.42. The number of hydrogen-bond donors (Lipinski definition) is 1. The van der Waals surface area contributed by atoms with E-state index in [4.69, 9.17) is 16.1 Å². The summed E-state index contributed by atoms with van der Waals surface area (Å²) >= 11 is 5.92. The van der Waals surface area contributed by atoms with Gasteiger partial charge in [-0.25, -0.2) is 4.98 Å². The van der Waals surface area contributed by atoms with E-state index in [0.717, 1.165) is 43.1 Å². The second-order valence-electron chi connectivity index (χ2n) is 6.37. The van der Waals surface area contributed by atoms with Crippen molar-refractivity contribution >= 4 is 11.6 Å². The third kappa shape index (κ3) is 3.72.